The van der Waals surface area contributed by atoms with Gasteiger partial charge in [-0.1, -0.05) is 342 Å². The van der Waals surface area contributed by atoms with Gasteiger partial charge in [0.25, 0.3) is 0 Å². The molecule has 0 rings (SSSR count). The minimum Gasteiger partial charge on any atom is -0.462 e. The zero-order valence-electron chi connectivity index (χ0n) is 64.3. The normalized spacial score (nSPS) is 14.1. The van der Waals surface area contributed by atoms with Gasteiger partial charge >= 0.3 is 39.5 Å². The minimum atomic E-state index is -4.97. The number of aliphatic hydroxyl groups is 1. The van der Waals surface area contributed by atoms with Gasteiger partial charge in [-0.05, 0) is 63.2 Å². The van der Waals surface area contributed by atoms with E-state index in [1.165, 1.54) is 186 Å². The Labute approximate surface area is 605 Å². The fraction of sp³-hybridized carbons (Fsp3) is 0.900. The van der Waals surface area contributed by atoms with Gasteiger partial charge in [0, 0.05) is 25.7 Å². The number of phosphoric ester groups is 2. The number of hydrogen-bond donors (Lipinski definition) is 3. The first kappa shape index (κ1) is 96.5. The topological polar surface area (TPSA) is 237 Å². The van der Waals surface area contributed by atoms with Crippen molar-refractivity contribution in [3.05, 3.63) is 24.3 Å². The molecule has 0 aliphatic carbocycles. The molecule has 0 aliphatic rings. The van der Waals surface area contributed by atoms with Crippen LogP contribution in [-0.2, 0) is 65.4 Å². The predicted molar refractivity (Wildman–Crippen MR) is 404 cm³/mol. The molecular formula is C80H152O17P2. The van der Waals surface area contributed by atoms with Gasteiger partial charge in [0.1, 0.15) is 19.3 Å². The van der Waals surface area contributed by atoms with Gasteiger partial charge in [0.15, 0.2) is 12.2 Å². The van der Waals surface area contributed by atoms with Crippen LogP contribution < -0.4 is 0 Å². The highest BCUT2D eigenvalue weighted by molar-refractivity contribution is 7.47. The summed E-state index contributed by atoms with van der Waals surface area (Å²) in [6, 6.07) is 0. The van der Waals surface area contributed by atoms with Crippen LogP contribution in [0.4, 0.5) is 0 Å². The summed E-state index contributed by atoms with van der Waals surface area (Å²) in [5.41, 5.74) is 0. The van der Waals surface area contributed by atoms with Crippen molar-refractivity contribution in [1.29, 1.82) is 0 Å². The molecule has 0 radical (unpaired) electrons. The summed E-state index contributed by atoms with van der Waals surface area (Å²) >= 11 is 0. The highest BCUT2D eigenvalue weighted by Crippen LogP contribution is 2.45. The number of allylic oxidation sites excluding steroid dienone is 4. The molecule has 2 unspecified atom stereocenters. The number of esters is 4. The van der Waals surface area contributed by atoms with Crippen LogP contribution in [-0.4, -0.2) is 96.7 Å². The van der Waals surface area contributed by atoms with Gasteiger partial charge in [0.05, 0.1) is 26.4 Å². The monoisotopic (exact) mass is 1450 g/mol. The van der Waals surface area contributed by atoms with E-state index in [1.54, 1.807) is 0 Å². The second kappa shape index (κ2) is 71.2. The molecule has 0 bridgehead atoms. The van der Waals surface area contributed by atoms with Gasteiger partial charge in [0.2, 0.25) is 0 Å². The molecule has 0 spiro atoms. The lowest BCUT2D eigenvalue weighted by Gasteiger charge is -2.21. The SMILES string of the molecule is CCCCCC/C=C\C=C/CCCCCCCC(=O)OC[C@H](COP(=O)(O)OC[C@@H](O)COP(=O)(O)OC[C@@H](COC(=O)CCCCCCCCCC(C)C)OC(=O)CCCCCCCCCCCC(C)C)OC(=O)CCCCCCCCCCCCCCCCCCCCCCCC. The summed E-state index contributed by atoms with van der Waals surface area (Å²) in [6.07, 6.45) is 63.5. The van der Waals surface area contributed by atoms with Crippen LogP contribution in [0.5, 0.6) is 0 Å². The Morgan fingerprint density at radius 3 is 0.828 bits per heavy atom. The van der Waals surface area contributed by atoms with Crippen molar-refractivity contribution in [2.45, 2.75) is 413 Å². The fourth-order valence-electron chi connectivity index (χ4n) is 11.8. The molecule has 0 fully saturated rings. The van der Waals surface area contributed by atoms with Crippen molar-refractivity contribution in [3.8, 4) is 0 Å². The lowest BCUT2D eigenvalue weighted by molar-refractivity contribution is -0.161. The average Bonchev–Trinajstić information content (AvgIpc) is 0.954. The van der Waals surface area contributed by atoms with Crippen molar-refractivity contribution < 1.29 is 80.2 Å². The number of carbonyl (C=O) groups is 4. The second-order valence-electron chi connectivity index (χ2n) is 29.1. The molecule has 584 valence electrons. The summed E-state index contributed by atoms with van der Waals surface area (Å²) in [5, 5.41) is 10.6. The van der Waals surface area contributed by atoms with Crippen LogP contribution >= 0.6 is 15.6 Å². The van der Waals surface area contributed by atoms with Gasteiger partial charge < -0.3 is 33.8 Å². The summed E-state index contributed by atoms with van der Waals surface area (Å²) in [5.74, 6) is -0.707. The lowest BCUT2D eigenvalue weighted by Crippen LogP contribution is -2.30. The quantitative estimate of drug-likeness (QED) is 0.0169. The summed E-state index contributed by atoms with van der Waals surface area (Å²) < 4.78 is 68.6. The minimum absolute atomic E-state index is 0.102. The smallest absolute Gasteiger partial charge is 0.462 e. The molecule has 99 heavy (non-hydrogen) atoms. The molecule has 0 aliphatic heterocycles. The Kier molecular flexibility index (Phi) is 69.4. The van der Waals surface area contributed by atoms with Gasteiger partial charge in [-0.25, -0.2) is 9.13 Å². The first-order valence-electron chi connectivity index (χ1n) is 40.8. The molecule has 3 N–H and O–H groups in total. The van der Waals surface area contributed by atoms with E-state index in [4.69, 9.17) is 37.0 Å². The van der Waals surface area contributed by atoms with E-state index in [0.29, 0.717) is 31.6 Å². The number of ether oxygens (including phenoxy) is 4. The Morgan fingerprint density at radius 1 is 0.313 bits per heavy atom. The third-order valence-electron chi connectivity index (χ3n) is 18.1. The number of unbranched alkanes of at least 4 members (excludes halogenated alkanes) is 44. The van der Waals surface area contributed by atoms with E-state index in [0.717, 1.165) is 121 Å². The van der Waals surface area contributed by atoms with E-state index >= 15 is 0 Å². The van der Waals surface area contributed by atoms with Crippen molar-refractivity contribution in [1.82, 2.24) is 0 Å². The van der Waals surface area contributed by atoms with E-state index < -0.39 is 97.5 Å². The van der Waals surface area contributed by atoms with Crippen molar-refractivity contribution in [3.63, 3.8) is 0 Å². The lowest BCUT2D eigenvalue weighted by atomic mass is 10.0. The van der Waals surface area contributed by atoms with Crippen LogP contribution in [0.2, 0.25) is 0 Å². The summed E-state index contributed by atoms with van der Waals surface area (Å²) in [4.78, 5) is 72.9. The van der Waals surface area contributed by atoms with Crippen molar-refractivity contribution >= 4 is 39.5 Å². The number of hydrogen-bond acceptors (Lipinski definition) is 15. The highest BCUT2D eigenvalue weighted by atomic mass is 31.2. The highest BCUT2D eigenvalue weighted by Gasteiger charge is 2.30. The van der Waals surface area contributed by atoms with Crippen molar-refractivity contribution in [2.24, 2.45) is 11.8 Å². The van der Waals surface area contributed by atoms with Crippen molar-refractivity contribution in [2.75, 3.05) is 39.6 Å². The second-order valence-corrected chi connectivity index (χ2v) is 32.0. The van der Waals surface area contributed by atoms with E-state index in [9.17, 15) is 43.2 Å². The molecule has 0 aromatic heterocycles. The first-order valence-corrected chi connectivity index (χ1v) is 43.8. The van der Waals surface area contributed by atoms with Crippen LogP contribution in [0.25, 0.3) is 0 Å². The first-order chi connectivity index (χ1) is 47.9. The molecule has 17 nitrogen and oxygen atoms in total. The molecule has 0 saturated heterocycles. The molecule has 0 aromatic carbocycles. The van der Waals surface area contributed by atoms with Gasteiger partial charge in [-0.2, -0.15) is 0 Å². The zero-order chi connectivity index (χ0) is 72.8. The molecule has 0 aromatic rings. The van der Waals surface area contributed by atoms with Crippen LogP contribution in [0.1, 0.15) is 395 Å². The van der Waals surface area contributed by atoms with E-state index in [2.05, 4.69) is 65.8 Å². The molecular weight excluding hydrogens is 1290 g/mol. The number of phosphoric acid groups is 2. The summed E-state index contributed by atoms with van der Waals surface area (Å²) in [7, 11) is -9.93. The van der Waals surface area contributed by atoms with Crippen LogP contribution in [0.3, 0.4) is 0 Å². The largest absolute Gasteiger partial charge is 0.472 e. The fourth-order valence-corrected chi connectivity index (χ4v) is 13.4. The zero-order valence-corrected chi connectivity index (χ0v) is 66.1. The summed E-state index contributed by atoms with van der Waals surface area (Å²) in [6.45, 7) is 9.46. The third-order valence-corrected chi connectivity index (χ3v) is 20.0. The van der Waals surface area contributed by atoms with E-state index in [-0.39, 0.29) is 25.7 Å². The maximum Gasteiger partial charge on any atom is 0.472 e. The Hall–Kier alpha value is -2.46. The Bertz CT molecular complexity index is 2000. The number of rotatable bonds is 77. The maximum atomic E-state index is 13.1. The van der Waals surface area contributed by atoms with Crippen LogP contribution in [0, 0.1) is 11.8 Å². The van der Waals surface area contributed by atoms with Gasteiger partial charge in [-0.3, -0.25) is 37.3 Å². The molecule has 0 heterocycles. The number of aliphatic hydroxyl groups excluding tert-OH is 1. The third kappa shape index (κ3) is 73.6. The van der Waals surface area contributed by atoms with Crippen LogP contribution in [0.15, 0.2) is 24.3 Å². The number of carbonyl (C=O) groups excluding carboxylic acids is 4. The average molecular weight is 1450 g/mol. The Morgan fingerprint density at radius 2 is 0.545 bits per heavy atom. The standard InChI is InChI=1S/C80H152O17P2/c1-7-9-11-13-15-17-19-21-23-24-25-26-27-28-29-31-33-35-39-45-52-58-64-79(84)96-75(68-90-77(82)62-56-50-44-38-34-32-30-22-20-18-16-14-12-10-8-2)70-94-98(86,87)92-66-74(81)67-93-99(88,89)95-71-76(69-91-78(83)63-57-51-47-41-43-49-55-61-73(5)6)97-80(85)65-59-53-46-40-36-37-42-48-54-60-72(3)4/h18,20,22,30,72-76,81H,7-17,19,21,23-29,31-71H2,1-6H3,(H,86,87)(H,88,89)/b20-18-,30-22-/t74-,75-,76-/m1/s1. The Balaban J connectivity index is 5.23. The maximum absolute atomic E-state index is 13.1. The van der Waals surface area contributed by atoms with E-state index in [1.807, 2.05) is 0 Å². The van der Waals surface area contributed by atoms with Gasteiger partial charge in [-0.15, -0.1) is 0 Å². The molecule has 5 atom stereocenters. The molecule has 19 heteroatoms. The molecule has 0 amide bonds. The predicted octanol–water partition coefficient (Wildman–Crippen LogP) is 23.4. The molecule has 0 saturated carbocycles.